The summed E-state index contributed by atoms with van der Waals surface area (Å²) in [5.41, 5.74) is 2.70. The van der Waals surface area contributed by atoms with Crippen LogP contribution < -0.4 is 14.8 Å². The first-order chi connectivity index (χ1) is 14.1. The maximum atomic E-state index is 12.5. The van der Waals surface area contributed by atoms with E-state index in [9.17, 15) is 4.79 Å². The van der Waals surface area contributed by atoms with E-state index < -0.39 is 0 Å². The molecule has 0 unspecified atom stereocenters. The van der Waals surface area contributed by atoms with Crippen LogP contribution in [0.4, 0.5) is 0 Å². The third-order valence-corrected chi connectivity index (χ3v) is 4.99. The van der Waals surface area contributed by atoms with E-state index in [0.29, 0.717) is 30.0 Å². The molecule has 29 heavy (non-hydrogen) atoms. The van der Waals surface area contributed by atoms with Gasteiger partial charge in [-0.15, -0.1) is 0 Å². The number of benzene rings is 2. The SMILES string of the molecule is CN(C)CCCn1c(CCNC(=O)c2ccc3c(c2)OCO3)nc2ccccc21. The molecule has 1 amide bonds. The average Bonchev–Trinajstić information content (AvgIpc) is 3.32. The summed E-state index contributed by atoms with van der Waals surface area (Å²) in [6.07, 6.45) is 1.72. The molecule has 0 aliphatic carbocycles. The molecule has 0 fully saturated rings. The molecule has 1 aliphatic heterocycles. The topological polar surface area (TPSA) is 68.6 Å². The number of carbonyl (C=O) groups is 1. The van der Waals surface area contributed by atoms with E-state index in [0.717, 1.165) is 36.4 Å². The van der Waals surface area contributed by atoms with Crippen molar-refractivity contribution in [3.8, 4) is 11.5 Å². The van der Waals surface area contributed by atoms with Crippen molar-refractivity contribution >= 4 is 16.9 Å². The standard InChI is InChI=1S/C22H26N4O3/c1-25(2)12-5-13-26-18-7-4-3-6-17(18)24-21(26)10-11-23-22(27)16-8-9-19-20(14-16)29-15-28-19/h3-4,6-9,14H,5,10-13,15H2,1-2H3,(H,23,27). The van der Waals surface area contributed by atoms with Crippen LogP contribution in [0.25, 0.3) is 11.0 Å². The van der Waals surface area contributed by atoms with Gasteiger partial charge >= 0.3 is 0 Å². The van der Waals surface area contributed by atoms with Gasteiger partial charge in [0.05, 0.1) is 11.0 Å². The Balaban J connectivity index is 1.41. The van der Waals surface area contributed by atoms with Gasteiger partial charge in [-0.3, -0.25) is 4.79 Å². The molecule has 2 heterocycles. The van der Waals surface area contributed by atoms with Crippen LogP contribution in [0.5, 0.6) is 11.5 Å². The fourth-order valence-electron chi connectivity index (χ4n) is 3.54. The summed E-state index contributed by atoms with van der Waals surface area (Å²) < 4.78 is 12.9. The van der Waals surface area contributed by atoms with E-state index in [-0.39, 0.29) is 12.7 Å². The lowest BCUT2D eigenvalue weighted by Gasteiger charge is -2.13. The van der Waals surface area contributed by atoms with E-state index in [1.165, 1.54) is 0 Å². The minimum absolute atomic E-state index is 0.126. The molecule has 0 saturated carbocycles. The van der Waals surface area contributed by atoms with Gasteiger partial charge in [-0.1, -0.05) is 12.1 Å². The highest BCUT2D eigenvalue weighted by Gasteiger charge is 2.16. The van der Waals surface area contributed by atoms with E-state index in [1.54, 1.807) is 18.2 Å². The quantitative estimate of drug-likeness (QED) is 0.636. The Morgan fingerprint density at radius 3 is 2.86 bits per heavy atom. The number of hydrogen-bond acceptors (Lipinski definition) is 5. The molecule has 7 heteroatoms. The van der Waals surface area contributed by atoms with Gasteiger partial charge in [0.2, 0.25) is 6.79 Å². The summed E-state index contributed by atoms with van der Waals surface area (Å²) in [6.45, 7) is 2.64. The molecule has 2 aromatic carbocycles. The normalized spacial score (nSPS) is 12.7. The zero-order valence-corrected chi connectivity index (χ0v) is 16.9. The molecule has 0 atom stereocenters. The lowest BCUT2D eigenvalue weighted by Crippen LogP contribution is -2.26. The summed E-state index contributed by atoms with van der Waals surface area (Å²) >= 11 is 0. The van der Waals surface area contributed by atoms with Crippen molar-refractivity contribution in [1.82, 2.24) is 19.8 Å². The van der Waals surface area contributed by atoms with Crippen LogP contribution in [0.15, 0.2) is 42.5 Å². The maximum Gasteiger partial charge on any atom is 0.251 e. The summed E-state index contributed by atoms with van der Waals surface area (Å²) in [7, 11) is 4.16. The van der Waals surface area contributed by atoms with Gasteiger partial charge in [0.1, 0.15) is 5.82 Å². The van der Waals surface area contributed by atoms with E-state index in [2.05, 4.69) is 34.9 Å². The molecule has 1 aromatic heterocycles. The molecule has 0 radical (unpaired) electrons. The Morgan fingerprint density at radius 2 is 2.00 bits per heavy atom. The van der Waals surface area contributed by atoms with Crippen molar-refractivity contribution < 1.29 is 14.3 Å². The smallest absolute Gasteiger partial charge is 0.251 e. The van der Waals surface area contributed by atoms with Crippen LogP contribution in [-0.4, -0.2) is 54.3 Å². The van der Waals surface area contributed by atoms with Crippen LogP contribution in [-0.2, 0) is 13.0 Å². The first kappa shape index (κ1) is 19.3. The Labute approximate surface area is 170 Å². The highest BCUT2D eigenvalue weighted by molar-refractivity contribution is 5.94. The zero-order chi connectivity index (χ0) is 20.2. The first-order valence-corrected chi connectivity index (χ1v) is 9.88. The predicted octanol–water partition coefficient (Wildman–Crippen LogP) is 2.69. The van der Waals surface area contributed by atoms with Crippen LogP contribution >= 0.6 is 0 Å². The van der Waals surface area contributed by atoms with E-state index in [4.69, 9.17) is 14.5 Å². The number of imidazole rings is 1. The fourth-order valence-corrected chi connectivity index (χ4v) is 3.54. The van der Waals surface area contributed by atoms with Crippen molar-refractivity contribution in [3.05, 3.63) is 53.9 Å². The summed E-state index contributed by atoms with van der Waals surface area (Å²) in [4.78, 5) is 19.5. The second-order valence-electron chi connectivity index (χ2n) is 7.40. The minimum Gasteiger partial charge on any atom is -0.454 e. The molecule has 152 valence electrons. The van der Waals surface area contributed by atoms with E-state index in [1.807, 2.05) is 18.2 Å². The largest absolute Gasteiger partial charge is 0.454 e. The number of fused-ring (bicyclic) bond motifs is 2. The second-order valence-corrected chi connectivity index (χ2v) is 7.40. The van der Waals surface area contributed by atoms with Gasteiger partial charge in [0.15, 0.2) is 11.5 Å². The molecule has 1 aliphatic rings. The highest BCUT2D eigenvalue weighted by atomic mass is 16.7. The number of amides is 1. The van der Waals surface area contributed by atoms with Gasteiger partial charge in [-0.2, -0.15) is 0 Å². The molecular weight excluding hydrogens is 368 g/mol. The van der Waals surface area contributed by atoms with Crippen LogP contribution in [0.3, 0.4) is 0 Å². The van der Waals surface area contributed by atoms with Crippen molar-refractivity contribution in [1.29, 1.82) is 0 Å². The minimum atomic E-state index is -0.126. The lowest BCUT2D eigenvalue weighted by molar-refractivity contribution is 0.0953. The number of hydrogen-bond donors (Lipinski definition) is 1. The number of nitrogens with one attached hydrogen (secondary N) is 1. The third kappa shape index (κ3) is 4.35. The zero-order valence-electron chi connectivity index (χ0n) is 16.9. The van der Waals surface area contributed by atoms with Gasteiger partial charge in [-0.05, 0) is 57.4 Å². The number of carbonyl (C=O) groups excluding carboxylic acids is 1. The molecular formula is C22H26N4O3. The molecule has 3 aromatic rings. The first-order valence-electron chi connectivity index (χ1n) is 9.88. The molecule has 0 spiro atoms. The molecule has 4 rings (SSSR count). The number of aromatic nitrogens is 2. The van der Waals surface area contributed by atoms with E-state index >= 15 is 0 Å². The average molecular weight is 394 g/mol. The molecule has 1 N–H and O–H groups in total. The van der Waals surface area contributed by atoms with Crippen LogP contribution in [0, 0.1) is 0 Å². The summed E-state index contributed by atoms with van der Waals surface area (Å²) in [6, 6.07) is 13.4. The Bertz CT molecular complexity index is 1010. The fraction of sp³-hybridized carbons (Fsp3) is 0.364. The number of para-hydroxylation sites is 2. The number of aryl methyl sites for hydroxylation is 1. The summed E-state index contributed by atoms with van der Waals surface area (Å²) in [5, 5.41) is 2.99. The maximum absolute atomic E-state index is 12.5. The van der Waals surface area contributed by atoms with Crippen molar-refractivity contribution in [3.63, 3.8) is 0 Å². The van der Waals surface area contributed by atoms with Gasteiger partial charge in [-0.25, -0.2) is 4.98 Å². The van der Waals surface area contributed by atoms with Crippen molar-refractivity contribution in [2.75, 3.05) is 34.0 Å². The molecule has 0 bridgehead atoms. The van der Waals surface area contributed by atoms with Crippen LogP contribution in [0.1, 0.15) is 22.6 Å². The monoisotopic (exact) mass is 394 g/mol. The predicted molar refractivity (Wildman–Crippen MR) is 112 cm³/mol. The lowest BCUT2D eigenvalue weighted by atomic mass is 10.2. The Morgan fingerprint density at radius 1 is 1.17 bits per heavy atom. The van der Waals surface area contributed by atoms with Crippen LogP contribution in [0.2, 0.25) is 0 Å². The Kier molecular flexibility index (Phi) is 5.67. The molecule has 0 saturated heterocycles. The van der Waals surface area contributed by atoms with Crippen molar-refractivity contribution in [2.24, 2.45) is 0 Å². The number of rotatable bonds is 8. The van der Waals surface area contributed by atoms with Gasteiger partial charge in [0, 0.05) is 25.1 Å². The summed E-state index contributed by atoms with van der Waals surface area (Å²) in [5.74, 6) is 2.16. The number of nitrogens with zero attached hydrogens (tertiary/aromatic N) is 3. The third-order valence-electron chi connectivity index (χ3n) is 4.99. The number of ether oxygens (including phenoxy) is 2. The Hall–Kier alpha value is -3.06. The highest BCUT2D eigenvalue weighted by Crippen LogP contribution is 2.32. The van der Waals surface area contributed by atoms with Crippen molar-refractivity contribution in [2.45, 2.75) is 19.4 Å². The molecule has 7 nitrogen and oxygen atoms in total. The second kappa shape index (κ2) is 8.53. The van der Waals surface area contributed by atoms with Gasteiger partial charge in [0.25, 0.3) is 5.91 Å². The van der Waals surface area contributed by atoms with Gasteiger partial charge < -0.3 is 24.3 Å².